The molecule has 2 atom stereocenters. The molecule has 1 aromatic heterocycles. The normalized spacial score (nSPS) is 27.0. The second kappa shape index (κ2) is 3.61. The summed E-state index contributed by atoms with van der Waals surface area (Å²) in [6, 6.07) is 3.91. The number of pyridine rings is 1. The molecule has 0 bridgehead atoms. The van der Waals surface area contributed by atoms with Gasteiger partial charge >= 0.3 is 0 Å². The topological polar surface area (TPSA) is 33.2 Å². The molecule has 0 saturated carbocycles. The molecule has 0 radical (unpaired) electrons. The monoisotopic (exact) mass is 208 g/mol. The molecule has 1 aliphatic heterocycles. The van der Waals surface area contributed by atoms with Crippen LogP contribution in [0.1, 0.15) is 17.9 Å². The van der Waals surface area contributed by atoms with E-state index in [1.165, 1.54) is 0 Å². The highest BCUT2D eigenvalue weighted by Gasteiger charge is 2.35. The van der Waals surface area contributed by atoms with Crippen molar-refractivity contribution in [2.75, 3.05) is 7.05 Å². The molecule has 1 fully saturated rings. The molecule has 0 aliphatic carbocycles. The van der Waals surface area contributed by atoms with Crippen LogP contribution in [0.25, 0.3) is 0 Å². The summed E-state index contributed by atoms with van der Waals surface area (Å²) in [5, 5.41) is 0.191. The second-order valence-electron chi connectivity index (χ2n) is 3.37. The number of rotatable bonds is 1. The van der Waals surface area contributed by atoms with Crippen molar-refractivity contribution in [1.29, 1.82) is 0 Å². The van der Waals surface area contributed by atoms with Crippen LogP contribution in [0, 0.1) is 0 Å². The first-order chi connectivity index (χ1) is 6.70. The number of aromatic nitrogens is 1. The van der Waals surface area contributed by atoms with E-state index in [0.29, 0.717) is 0 Å². The van der Waals surface area contributed by atoms with Gasteiger partial charge < -0.3 is 4.90 Å². The van der Waals surface area contributed by atoms with E-state index in [4.69, 9.17) is 0 Å². The second-order valence-corrected chi connectivity index (χ2v) is 4.79. The average Bonchev–Trinajstić information content (AvgIpc) is 2.47. The highest BCUT2D eigenvalue weighted by Crippen LogP contribution is 2.41. The van der Waals surface area contributed by atoms with E-state index in [1.54, 1.807) is 22.9 Å². The number of amides is 1. The van der Waals surface area contributed by atoms with Gasteiger partial charge in [-0.25, -0.2) is 0 Å². The summed E-state index contributed by atoms with van der Waals surface area (Å²) in [6.45, 7) is 1.94. The lowest BCUT2D eigenvalue weighted by molar-refractivity contribution is -0.128. The van der Waals surface area contributed by atoms with Gasteiger partial charge in [-0.05, 0) is 13.0 Å². The van der Waals surface area contributed by atoms with Crippen LogP contribution in [0.5, 0.6) is 0 Å². The van der Waals surface area contributed by atoms with Crippen molar-refractivity contribution in [3.05, 3.63) is 30.1 Å². The summed E-state index contributed by atoms with van der Waals surface area (Å²) in [4.78, 5) is 17.4. The van der Waals surface area contributed by atoms with Gasteiger partial charge in [-0.15, -0.1) is 11.8 Å². The van der Waals surface area contributed by atoms with Gasteiger partial charge in [0.25, 0.3) is 0 Å². The highest BCUT2D eigenvalue weighted by molar-refractivity contribution is 8.01. The lowest BCUT2D eigenvalue weighted by Crippen LogP contribution is -2.25. The Hall–Kier alpha value is -1.03. The van der Waals surface area contributed by atoms with Gasteiger partial charge in [0.2, 0.25) is 5.91 Å². The first-order valence-corrected chi connectivity index (χ1v) is 5.46. The van der Waals surface area contributed by atoms with Gasteiger partial charge in [-0.3, -0.25) is 9.78 Å². The third kappa shape index (κ3) is 1.50. The zero-order chi connectivity index (χ0) is 10.1. The molecule has 0 spiro atoms. The number of hydrogen-bond acceptors (Lipinski definition) is 3. The van der Waals surface area contributed by atoms with Crippen molar-refractivity contribution in [3.8, 4) is 0 Å². The van der Waals surface area contributed by atoms with Crippen LogP contribution in [0.2, 0.25) is 0 Å². The van der Waals surface area contributed by atoms with E-state index in [0.717, 1.165) is 5.56 Å². The minimum Gasteiger partial charge on any atom is -0.329 e. The molecular formula is C10H12N2OS. The zero-order valence-corrected chi connectivity index (χ0v) is 8.99. The quantitative estimate of drug-likeness (QED) is 0.704. The van der Waals surface area contributed by atoms with Crippen molar-refractivity contribution >= 4 is 17.7 Å². The SMILES string of the molecule is C[C@H]1S[C@@H](c2cccnc2)N(C)C1=O. The van der Waals surface area contributed by atoms with E-state index in [2.05, 4.69) is 4.98 Å². The summed E-state index contributed by atoms with van der Waals surface area (Å²) < 4.78 is 0. The van der Waals surface area contributed by atoms with Crippen molar-refractivity contribution in [3.63, 3.8) is 0 Å². The van der Waals surface area contributed by atoms with Crippen LogP contribution < -0.4 is 0 Å². The fraction of sp³-hybridized carbons (Fsp3) is 0.400. The van der Waals surface area contributed by atoms with Gasteiger partial charge in [0.1, 0.15) is 5.37 Å². The molecule has 0 N–H and O–H groups in total. The summed E-state index contributed by atoms with van der Waals surface area (Å²) >= 11 is 1.67. The fourth-order valence-corrected chi connectivity index (χ4v) is 2.82. The maximum Gasteiger partial charge on any atom is 0.236 e. The Kier molecular flexibility index (Phi) is 2.46. The fourth-order valence-electron chi connectivity index (χ4n) is 1.57. The minimum absolute atomic E-state index is 0.0604. The number of thioether (sulfide) groups is 1. The van der Waals surface area contributed by atoms with E-state index in [-0.39, 0.29) is 16.5 Å². The third-order valence-corrected chi connectivity index (χ3v) is 3.81. The molecule has 1 amide bonds. The van der Waals surface area contributed by atoms with Crippen LogP contribution in [-0.4, -0.2) is 28.1 Å². The van der Waals surface area contributed by atoms with Gasteiger partial charge in [-0.2, -0.15) is 0 Å². The molecule has 2 heterocycles. The molecule has 14 heavy (non-hydrogen) atoms. The largest absolute Gasteiger partial charge is 0.329 e. The average molecular weight is 208 g/mol. The van der Waals surface area contributed by atoms with Crippen molar-refractivity contribution < 1.29 is 4.79 Å². The smallest absolute Gasteiger partial charge is 0.236 e. The number of nitrogens with zero attached hydrogens (tertiary/aromatic N) is 2. The minimum atomic E-state index is 0.0604. The maximum absolute atomic E-state index is 11.6. The maximum atomic E-state index is 11.6. The first-order valence-electron chi connectivity index (χ1n) is 4.52. The Bertz CT molecular complexity index is 341. The zero-order valence-electron chi connectivity index (χ0n) is 8.18. The van der Waals surface area contributed by atoms with E-state index in [9.17, 15) is 4.79 Å². The van der Waals surface area contributed by atoms with Crippen LogP contribution in [0.3, 0.4) is 0 Å². The molecule has 74 valence electrons. The molecular weight excluding hydrogens is 196 g/mol. The van der Waals surface area contributed by atoms with E-state index in [1.807, 2.05) is 32.3 Å². The lowest BCUT2D eigenvalue weighted by atomic mass is 10.2. The highest BCUT2D eigenvalue weighted by atomic mass is 32.2. The number of hydrogen-bond donors (Lipinski definition) is 0. The summed E-state index contributed by atoms with van der Waals surface area (Å²) in [5.41, 5.74) is 1.10. The van der Waals surface area contributed by atoms with E-state index < -0.39 is 0 Å². The lowest BCUT2D eigenvalue weighted by Gasteiger charge is -2.18. The number of carbonyl (C=O) groups excluding carboxylic acids is 1. The van der Waals surface area contributed by atoms with E-state index >= 15 is 0 Å². The van der Waals surface area contributed by atoms with Crippen LogP contribution in [-0.2, 0) is 4.79 Å². The Morgan fingerprint density at radius 1 is 1.57 bits per heavy atom. The molecule has 2 rings (SSSR count). The van der Waals surface area contributed by atoms with Crippen molar-refractivity contribution in [1.82, 2.24) is 9.88 Å². The molecule has 1 aromatic rings. The van der Waals surface area contributed by atoms with Gasteiger partial charge in [0.15, 0.2) is 0 Å². The summed E-state index contributed by atoms with van der Waals surface area (Å²) in [7, 11) is 1.84. The Morgan fingerprint density at radius 2 is 2.36 bits per heavy atom. The van der Waals surface area contributed by atoms with Crippen LogP contribution in [0.4, 0.5) is 0 Å². The molecule has 0 unspecified atom stereocenters. The predicted molar refractivity (Wildman–Crippen MR) is 56.8 cm³/mol. The first kappa shape index (κ1) is 9.52. The van der Waals surface area contributed by atoms with Crippen LogP contribution in [0.15, 0.2) is 24.5 Å². The molecule has 3 nitrogen and oxygen atoms in total. The van der Waals surface area contributed by atoms with Gasteiger partial charge in [0, 0.05) is 25.0 Å². The van der Waals surface area contributed by atoms with Crippen molar-refractivity contribution in [2.24, 2.45) is 0 Å². The summed E-state index contributed by atoms with van der Waals surface area (Å²) in [6.07, 6.45) is 3.56. The van der Waals surface area contributed by atoms with Gasteiger partial charge in [0.05, 0.1) is 5.25 Å². The van der Waals surface area contributed by atoms with Crippen molar-refractivity contribution in [2.45, 2.75) is 17.5 Å². The third-order valence-electron chi connectivity index (χ3n) is 2.35. The summed E-state index contributed by atoms with van der Waals surface area (Å²) in [5.74, 6) is 0.198. The Balaban J connectivity index is 2.26. The Labute approximate surface area is 87.5 Å². The van der Waals surface area contributed by atoms with Gasteiger partial charge in [-0.1, -0.05) is 6.07 Å². The Morgan fingerprint density at radius 3 is 2.86 bits per heavy atom. The predicted octanol–water partition coefficient (Wildman–Crippen LogP) is 1.67. The molecule has 0 aromatic carbocycles. The standard InChI is InChI=1S/C10H12N2OS/c1-7-9(13)12(2)10(14-7)8-4-3-5-11-6-8/h3-7,10H,1-2H3/t7-,10+/m1/s1. The molecule has 1 aliphatic rings. The number of carbonyl (C=O) groups is 1. The molecule has 1 saturated heterocycles. The van der Waals surface area contributed by atoms with Crippen LogP contribution >= 0.6 is 11.8 Å². The molecule has 4 heteroatoms.